The molecule has 1 aromatic heterocycles. The second-order valence-electron chi connectivity index (χ2n) is 9.58. The Morgan fingerprint density at radius 3 is 2.36 bits per heavy atom. The molecule has 2 aromatic rings. The van der Waals surface area contributed by atoms with E-state index in [1.165, 1.54) is 25.2 Å². The van der Waals surface area contributed by atoms with E-state index in [-0.39, 0.29) is 35.3 Å². The molecule has 2 unspecified atom stereocenters. The molecule has 0 saturated heterocycles. The van der Waals surface area contributed by atoms with Gasteiger partial charge >= 0.3 is 0 Å². The van der Waals surface area contributed by atoms with E-state index in [9.17, 15) is 18.4 Å². The number of halogens is 2. The summed E-state index contributed by atoms with van der Waals surface area (Å²) in [5, 5.41) is 5.39. The number of nitrogens with zero attached hydrogens (tertiary/aromatic N) is 2. The molecule has 2 N–H and O–H groups in total. The maximum Gasteiger partial charge on any atom is 0.253 e. The van der Waals surface area contributed by atoms with E-state index in [1.807, 2.05) is 39.8 Å². The fourth-order valence-electron chi connectivity index (χ4n) is 3.75. The number of benzene rings is 1. The molecule has 0 aliphatic carbocycles. The minimum absolute atomic E-state index is 0.00369. The van der Waals surface area contributed by atoms with Crippen LogP contribution in [0.4, 0.5) is 8.78 Å². The lowest BCUT2D eigenvalue weighted by molar-refractivity contribution is -0.122. The Morgan fingerprint density at radius 2 is 1.82 bits per heavy atom. The highest BCUT2D eigenvalue weighted by Gasteiger charge is 2.29. The average Bonchev–Trinajstić information content (AvgIpc) is 2.73. The quantitative estimate of drug-likeness (QED) is 0.601. The molecule has 0 bridgehead atoms. The molecule has 2 rings (SSSR count). The Kier molecular flexibility index (Phi) is 9.05. The van der Waals surface area contributed by atoms with Crippen LogP contribution in [-0.2, 0) is 11.2 Å². The Morgan fingerprint density at radius 1 is 1.12 bits per heavy atom. The van der Waals surface area contributed by atoms with Crippen molar-refractivity contribution in [2.24, 2.45) is 5.41 Å². The van der Waals surface area contributed by atoms with Gasteiger partial charge in [0.2, 0.25) is 5.91 Å². The average molecular weight is 461 g/mol. The number of pyridine rings is 1. The van der Waals surface area contributed by atoms with Gasteiger partial charge in [-0.25, -0.2) is 8.78 Å². The molecule has 6 nitrogen and oxygen atoms in total. The zero-order valence-electron chi connectivity index (χ0n) is 20.2. The third-order valence-corrected chi connectivity index (χ3v) is 5.80. The van der Waals surface area contributed by atoms with Crippen LogP contribution in [0.2, 0.25) is 0 Å². The third kappa shape index (κ3) is 7.60. The van der Waals surface area contributed by atoms with Crippen LogP contribution in [0, 0.1) is 17.0 Å². The maximum absolute atomic E-state index is 14.3. The predicted octanol–water partition coefficient (Wildman–Crippen LogP) is 3.53. The summed E-state index contributed by atoms with van der Waals surface area (Å²) in [4.78, 5) is 30.4. The van der Waals surface area contributed by atoms with Gasteiger partial charge in [-0.15, -0.1) is 0 Å². The molecule has 0 aliphatic heterocycles. The van der Waals surface area contributed by atoms with E-state index >= 15 is 0 Å². The van der Waals surface area contributed by atoms with Crippen molar-refractivity contribution < 1.29 is 18.4 Å². The number of aromatic nitrogens is 1. The standard InChI is InChI=1S/C25H34F2N4O2/c1-25(2,3)21(17-11-18(26)14-29-13-17)12-23(32)30-15-19(31(5)6)9-16-7-8-20(22(27)10-16)24(33)28-4/h7-8,10-11,13-14,19,21H,9,12,15H2,1-6H3,(H,28,33)(H,30,32). The number of carbonyl (C=O) groups is 2. The predicted molar refractivity (Wildman–Crippen MR) is 125 cm³/mol. The van der Waals surface area contributed by atoms with Crippen molar-refractivity contribution in [1.82, 2.24) is 20.5 Å². The molecule has 0 aliphatic rings. The van der Waals surface area contributed by atoms with E-state index in [1.54, 1.807) is 12.3 Å². The van der Waals surface area contributed by atoms with Crippen molar-refractivity contribution in [3.05, 3.63) is 65.0 Å². The Hall–Kier alpha value is -2.87. The van der Waals surface area contributed by atoms with Crippen molar-refractivity contribution >= 4 is 11.8 Å². The van der Waals surface area contributed by atoms with Crippen molar-refractivity contribution in [2.45, 2.75) is 45.6 Å². The Labute approximate surface area is 194 Å². The number of hydrogen-bond acceptors (Lipinski definition) is 4. The first kappa shape index (κ1) is 26.4. The molecule has 8 heteroatoms. The smallest absolute Gasteiger partial charge is 0.253 e. The highest BCUT2D eigenvalue weighted by Crippen LogP contribution is 2.37. The van der Waals surface area contributed by atoms with Crippen molar-refractivity contribution in [2.75, 3.05) is 27.7 Å². The van der Waals surface area contributed by atoms with Crippen molar-refractivity contribution in [1.29, 1.82) is 0 Å². The Balaban J connectivity index is 2.06. The van der Waals surface area contributed by atoms with Gasteiger partial charge in [-0.3, -0.25) is 14.6 Å². The number of likely N-dealkylation sites (N-methyl/N-ethyl adjacent to an activating group) is 1. The van der Waals surface area contributed by atoms with E-state index in [0.717, 1.165) is 11.8 Å². The minimum atomic E-state index is -0.579. The van der Waals surface area contributed by atoms with E-state index in [0.29, 0.717) is 18.5 Å². The molecular weight excluding hydrogens is 426 g/mol. The SMILES string of the molecule is CNC(=O)c1ccc(CC(CNC(=O)CC(c2cncc(F)c2)C(C)(C)C)N(C)C)cc1F. The minimum Gasteiger partial charge on any atom is -0.355 e. The lowest BCUT2D eigenvalue weighted by Gasteiger charge is -2.31. The molecule has 33 heavy (non-hydrogen) atoms. The number of carbonyl (C=O) groups excluding carboxylic acids is 2. The first-order valence-corrected chi connectivity index (χ1v) is 11.0. The van der Waals surface area contributed by atoms with Gasteiger partial charge in [0.25, 0.3) is 5.91 Å². The lowest BCUT2D eigenvalue weighted by Crippen LogP contribution is -2.42. The second-order valence-corrected chi connectivity index (χ2v) is 9.58. The van der Waals surface area contributed by atoms with Gasteiger partial charge in [-0.1, -0.05) is 26.8 Å². The van der Waals surface area contributed by atoms with Crippen LogP contribution in [0.15, 0.2) is 36.7 Å². The molecule has 2 atom stereocenters. The van der Waals surface area contributed by atoms with Gasteiger partial charge in [0.15, 0.2) is 0 Å². The van der Waals surface area contributed by atoms with Crippen molar-refractivity contribution in [3.8, 4) is 0 Å². The van der Waals surface area contributed by atoms with Gasteiger partial charge in [0.05, 0.1) is 11.8 Å². The largest absolute Gasteiger partial charge is 0.355 e. The summed E-state index contributed by atoms with van der Waals surface area (Å²) in [6.07, 6.45) is 3.44. The number of rotatable bonds is 9. The summed E-state index contributed by atoms with van der Waals surface area (Å²) in [5.41, 5.74) is 1.15. The van der Waals surface area contributed by atoms with Gasteiger partial charge in [0.1, 0.15) is 11.6 Å². The van der Waals surface area contributed by atoms with Crippen molar-refractivity contribution in [3.63, 3.8) is 0 Å². The first-order chi connectivity index (χ1) is 15.4. The highest BCUT2D eigenvalue weighted by molar-refractivity contribution is 5.94. The molecular formula is C25H34F2N4O2. The first-order valence-electron chi connectivity index (χ1n) is 11.0. The topological polar surface area (TPSA) is 74.3 Å². The molecule has 0 radical (unpaired) electrons. The Bertz CT molecular complexity index is 973. The van der Waals surface area contributed by atoms with Crippen LogP contribution in [0.3, 0.4) is 0 Å². The van der Waals surface area contributed by atoms with Gasteiger partial charge < -0.3 is 15.5 Å². The van der Waals surface area contributed by atoms with Crippen LogP contribution < -0.4 is 10.6 Å². The molecule has 2 amide bonds. The molecule has 0 fully saturated rings. The normalized spacial score (nSPS) is 13.5. The van der Waals surface area contributed by atoms with Crippen LogP contribution in [-0.4, -0.2) is 55.4 Å². The summed E-state index contributed by atoms with van der Waals surface area (Å²) in [7, 11) is 5.24. The zero-order valence-corrected chi connectivity index (χ0v) is 20.2. The fraction of sp³-hybridized carbons (Fsp3) is 0.480. The van der Waals surface area contributed by atoms with Crippen LogP contribution in [0.1, 0.15) is 54.6 Å². The van der Waals surface area contributed by atoms with Crippen LogP contribution in [0.25, 0.3) is 0 Å². The van der Waals surface area contributed by atoms with Crippen LogP contribution in [0.5, 0.6) is 0 Å². The number of nitrogens with one attached hydrogen (secondary N) is 2. The van der Waals surface area contributed by atoms with Gasteiger partial charge in [-0.05, 0) is 61.2 Å². The summed E-state index contributed by atoms with van der Waals surface area (Å²) in [5.74, 6) is -1.83. The van der Waals surface area contributed by atoms with E-state index < -0.39 is 17.5 Å². The molecule has 180 valence electrons. The zero-order chi connectivity index (χ0) is 24.8. The number of amides is 2. The fourth-order valence-corrected chi connectivity index (χ4v) is 3.75. The highest BCUT2D eigenvalue weighted by atomic mass is 19.1. The number of hydrogen-bond donors (Lipinski definition) is 2. The monoisotopic (exact) mass is 460 g/mol. The van der Waals surface area contributed by atoms with Gasteiger partial charge in [-0.2, -0.15) is 0 Å². The molecule has 0 spiro atoms. The molecule has 1 heterocycles. The summed E-state index contributed by atoms with van der Waals surface area (Å²) >= 11 is 0. The summed E-state index contributed by atoms with van der Waals surface area (Å²) in [6.45, 7) is 6.39. The maximum atomic E-state index is 14.3. The van der Waals surface area contributed by atoms with Crippen LogP contribution >= 0.6 is 0 Å². The molecule has 1 aromatic carbocycles. The summed E-state index contributed by atoms with van der Waals surface area (Å²) < 4.78 is 28.0. The van der Waals surface area contributed by atoms with E-state index in [2.05, 4.69) is 15.6 Å². The third-order valence-electron chi connectivity index (χ3n) is 5.80. The summed E-state index contributed by atoms with van der Waals surface area (Å²) in [6, 6.07) is 5.89. The molecule has 0 saturated carbocycles. The van der Waals surface area contributed by atoms with E-state index in [4.69, 9.17) is 0 Å². The lowest BCUT2D eigenvalue weighted by atomic mass is 9.75. The second kappa shape index (κ2) is 11.3. The van der Waals surface area contributed by atoms with Gasteiger partial charge in [0, 0.05) is 32.3 Å².